The van der Waals surface area contributed by atoms with Crippen LogP contribution in [0.15, 0.2) is 119 Å². The summed E-state index contributed by atoms with van der Waals surface area (Å²) in [4.78, 5) is 44.7. The molecule has 0 radical (unpaired) electrons. The molecule has 1 unspecified atom stereocenters. The molecule has 0 aliphatic rings. The number of anilines is 2. The van der Waals surface area contributed by atoms with E-state index >= 15 is 0 Å². The summed E-state index contributed by atoms with van der Waals surface area (Å²) in [7, 11) is 0. The number of halogens is 1. The summed E-state index contributed by atoms with van der Waals surface area (Å²) in [5, 5.41) is 10.9. The largest absolute Gasteiger partial charge is 0.321 e. The number of hydrogen-bond acceptors (Lipinski definition) is 6. The first-order chi connectivity index (χ1) is 21.7. The molecule has 1 aromatic heterocycles. The summed E-state index contributed by atoms with van der Waals surface area (Å²) in [6.45, 7) is 3.84. The zero-order chi connectivity index (χ0) is 31.8. The Morgan fingerprint density at radius 2 is 1.62 bits per heavy atom. The lowest BCUT2D eigenvalue weighted by Gasteiger charge is -2.14. The maximum atomic E-state index is 13.4. The van der Waals surface area contributed by atoms with Crippen LogP contribution in [-0.2, 0) is 9.59 Å². The molecule has 0 saturated carbocycles. The molecule has 0 fully saturated rings. The van der Waals surface area contributed by atoms with Gasteiger partial charge in [-0.1, -0.05) is 83.9 Å². The lowest BCUT2D eigenvalue weighted by atomic mass is 10.1. The highest BCUT2D eigenvalue weighted by molar-refractivity contribution is 8.00. The van der Waals surface area contributed by atoms with Gasteiger partial charge >= 0.3 is 0 Å². The molecular formula is C35H29ClN4O3S2. The number of benzene rings is 4. The lowest BCUT2D eigenvalue weighted by molar-refractivity contribution is -0.115. The van der Waals surface area contributed by atoms with Crippen molar-refractivity contribution in [2.45, 2.75) is 24.0 Å². The number of carbonyl (C=O) groups is 3. The SMILES string of the molecule is Cc1ccc(-c2csc(NC(=O)C(C)Sc3cccc(NC(=O)/C(=C\c4ccccc4Cl)NC(=O)c4ccccc4)c3)n2)cc1. The first-order valence-corrected chi connectivity index (χ1v) is 16.1. The van der Waals surface area contributed by atoms with Gasteiger partial charge in [0.15, 0.2) is 5.13 Å². The number of hydrogen-bond donors (Lipinski definition) is 3. The minimum absolute atomic E-state index is 0.0243. The second-order valence-corrected chi connectivity index (χ2v) is 12.7. The molecule has 5 aromatic rings. The smallest absolute Gasteiger partial charge is 0.272 e. The van der Waals surface area contributed by atoms with Crippen molar-refractivity contribution in [3.8, 4) is 11.3 Å². The molecule has 1 atom stereocenters. The number of aromatic nitrogens is 1. The van der Waals surface area contributed by atoms with E-state index in [0.717, 1.165) is 16.2 Å². The van der Waals surface area contributed by atoms with Crippen LogP contribution in [0.3, 0.4) is 0 Å². The Hall–Kier alpha value is -4.70. The molecule has 7 nitrogen and oxygen atoms in total. The minimum Gasteiger partial charge on any atom is -0.321 e. The fourth-order valence-corrected chi connectivity index (χ4v) is 6.03. The molecule has 3 N–H and O–H groups in total. The average molecular weight is 653 g/mol. The third kappa shape index (κ3) is 8.69. The van der Waals surface area contributed by atoms with Gasteiger partial charge in [-0.05, 0) is 61.9 Å². The third-order valence-corrected chi connectivity index (χ3v) is 8.79. The van der Waals surface area contributed by atoms with Crippen molar-refractivity contribution < 1.29 is 14.4 Å². The highest BCUT2D eigenvalue weighted by Crippen LogP contribution is 2.29. The molecule has 5 rings (SSSR count). The summed E-state index contributed by atoms with van der Waals surface area (Å²) in [5.41, 5.74) is 4.47. The Balaban J connectivity index is 1.25. The van der Waals surface area contributed by atoms with Gasteiger partial charge in [-0.3, -0.25) is 14.4 Å². The summed E-state index contributed by atoms with van der Waals surface area (Å²) < 4.78 is 0. The fraction of sp³-hybridized carbons (Fsp3) is 0.0857. The molecule has 0 aliphatic heterocycles. The molecule has 4 aromatic carbocycles. The van der Waals surface area contributed by atoms with E-state index in [1.807, 2.05) is 49.6 Å². The van der Waals surface area contributed by atoms with Crippen LogP contribution in [0.4, 0.5) is 10.8 Å². The Morgan fingerprint density at radius 3 is 2.38 bits per heavy atom. The summed E-state index contributed by atoms with van der Waals surface area (Å²) >= 11 is 9.06. The van der Waals surface area contributed by atoms with Gasteiger partial charge < -0.3 is 16.0 Å². The molecule has 0 aliphatic carbocycles. The van der Waals surface area contributed by atoms with E-state index in [2.05, 4.69) is 20.9 Å². The number of nitrogens with zero attached hydrogens (tertiary/aromatic N) is 1. The first kappa shape index (κ1) is 31.7. The van der Waals surface area contributed by atoms with Crippen LogP contribution in [0.2, 0.25) is 5.02 Å². The van der Waals surface area contributed by atoms with Crippen molar-refractivity contribution in [3.63, 3.8) is 0 Å². The van der Waals surface area contributed by atoms with Crippen LogP contribution in [-0.4, -0.2) is 28.0 Å². The number of rotatable bonds is 10. The number of thiazole rings is 1. The number of carbonyl (C=O) groups excluding carboxylic acids is 3. The molecular weight excluding hydrogens is 624 g/mol. The van der Waals surface area contributed by atoms with Crippen LogP contribution in [0.1, 0.15) is 28.4 Å². The summed E-state index contributed by atoms with van der Waals surface area (Å²) in [6.07, 6.45) is 1.53. The number of thioether (sulfide) groups is 1. The summed E-state index contributed by atoms with van der Waals surface area (Å²) in [5.74, 6) is -1.15. The van der Waals surface area contributed by atoms with Gasteiger partial charge in [-0.2, -0.15) is 0 Å². The van der Waals surface area contributed by atoms with E-state index in [9.17, 15) is 14.4 Å². The molecule has 10 heteroatoms. The Kier molecular flexibility index (Phi) is 10.5. The van der Waals surface area contributed by atoms with E-state index < -0.39 is 17.1 Å². The van der Waals surface area contributed by atoms with E-state index in [-0.39, 0.29) is 11.6 Å². The highest BCUT2D eigenvalue weighted by Gasteiger charge is 2.19. The van der Waals surface area contributed by atoms with E-state index in [0.29, 0.717) is 27.0 Å². The van der Waals surface area contributed by atoms with Crippen LogP contribution < -0.4 is 16.0 Å². The molecule has 0 saturated heterocycles. The van der Waals surface area contributed by atoms with Gasteiger partial charge in [0.05, 0.1) is 10.9 Å². The Morgan fingerprint density at radius 1 is 0.889 bits per heavy atom. The molecule has 45 heavy (non-hydrogen) atoms. The molecule has 1 heterocycles. The topological polar surface area (TPSA) is 100 Å². The maximum Gasteiger partial charge on any atom is 0.272 e. The number of amides is 3. The van der Waals surface area contributed by atoms with Gasteiger partial charge in [-0.25, -0.2) is 4.98 Å². The predicted octanol–water partition coefficient (Wildman–Crippen LogP) is 8.30. The van der Waals surface area contributed by atoms with Gasteiger partial charge in [0.1, 0.15) is 5.70 Å². The number of aryl methyl sites for hydroxylation is 1. The van der Waals surface area contributed by atoms with Gasteiger partial charge in [0.25, 0.3) is 11.8 Å². The van der Waals surface area contributed by atoms with Crippen molar-refractivity contribution in [1.29, 1.82) is 0 Å². The van der Waals surface area contributed by atoms with Crippen molar-refractivity contribution in [2.24, 2.45) is 0 Å². The normalized spacial score (nSPS) is 11.8. The Bertz CT molecular complexity index is 1860. The van der Waals surface area contributed by atoms with Gasteiger partial charge in [0.2, 0.25) is 5.91 Å². The van der Waals surface area contributed by atoms with Crippen molar-refractivity contribution >= 4 is 69.3 Å². The van der Waals surface area contributed by atoms with Gasteiger partial charge in [-0.15, -0.1) is 23.1 Å². The van der Waals surface area contributed by atoms with Crippen LogP contribution in [0.25, 0.3) is 17.3 Å². The zero-order valence-corrected chi connectivity index (χ0v) is 26.8. The molecule has 3 amide bonds. The third-order valence-electron chi connectivity index (χ3n) is 6.59. The molecule has 226 valence electrons. The highest BCUT2D eigenvalue weighted by atomic mass is 35.5. The monoisotopic (exact) mass is 652 g/mol. The van der Waals surface area contributed by atoms with E-state index in [1.165, 1.54) is 34.7 Å². The van der Waals surface area contributed by atoms with Crippen LogP contribution in [0, 0.1) is 6.92 Å². The lowest BCUT2D eigenvalue weighted by Crippen LogP contribution is -2.30. The molecule has 0 spiro atoms. The fourth-order valence-electron chi connectivity index (χ4n) is 4.19. The van der Waals surface area contributed by atoms with Crippen molar-refractivity contribution in [2.75, 3.05) is 10.6 Å². The average Bonchev–Trinajstić information content (AvgIpc) is 3.51. The minimum atomic E-state index is -0.528. The standard InChI is InChI=1S/C35H29ClN4O3S2/c1-22-15-17-24(18-16-22)31-21-44-35(39-31)40-32(41)23(2)45-28-13-8-12-27(20-28)37-34(43)30(19-26-11-6-7-14-29(26)36)38-33(42)25-9-4-3-5-10-25/h3-21,23H,1-2H3,(H,37,43)(H,38,42)(H,39,40,41)/b30-19+. The van der Waals surface area contributed by atoms with Crippen molar-refractivity contribution in [3.05, 3.63) is 136 Å². The quantitative estimate of drug-likeness (QED) is 0.104. The second-order valence-electron chi connectivity index (χ2n) is 10.0. The first-order valence-electron chi connectivity index (χ1n) is 14.0. The zero-order valence-electron chi connectivity index (χ0n) is 24.4. The van der Waals surface area contributed by atoms with Crippen molar-refractivity contribution in [1.82, 2.24) is 10.3 Å². The van der Waals surface area contributed by atoms with E-state index in [1.54, 1.807) is 72.8 Å². The van der Waals surface area contributed by atoms with E-state index in [4.69, 9.17) is 11.6 Å². The molecule has 0 bridgehead atoms. The summed E-state index contributed by atoms with van der Waals surface area (Å²) in [6, 6.07) is 30.9. The van der Waals surface area contributed by atoms with Crippen LogP contribution in [0.5, 0.6) is 0 Å². The van der Waals surface area contributed by atoms with Gasteiger partial charge in [0, 0.05) is 32.1 Å². The van der Waals surface area contributed by atoms with Crippen LogP contribution >= 0.6 is 34.7 Å². The Labute approximate surface area is 274 Å². The number of nitrogens with one attached hydrogen (secondary N) is 3. The predicted molar refractivity (Wildman–Crippen MR) is 185 cm³/mol. The second kappa shape index (κ2) is 14.9. The maximum absolute atomic E-state index is 13.4.